The van der Waals surface area contributed by atoms with Crippen LogP contribution in [0.3, 0.4) is 0 Å². The predicted octanol–water partition coefficient (Wildman–Crippen LogP) is 2.38. The van der Waals surface area contributed by atoms with E-state index in [2.05, 4.69) is 9.62 Å². The summed E-state index contributed by atoms with van der Waals surface area (Å²) in [6, 6.07) is 10.0. The van der Waals surface area contributed by atoms with Crippen LogP contribution in [0, 0.1) is 11.6 Å². The van der Waals surface area contributed by atoms with Gasteiger partial charge < -0.3 is 9.64 Å². The van der Waals surface area contributed by atoms with Gasteiger partial charge in [0.25, 0.3) is 0 Å². The van der Waals surface area contributed by atoms with Gasteiger partial charge in [0.05, 0.1) is 13.2 Å². The van der Waals surface area contributed by atoms with Crippen LogP contribution in [0.5, 0.6) is 0 Å². The van der Waals surface area contributed by atoms with Crippen molar-refractivity contribution < 1.29 is 21.9 Å². The Labute approximate surface area is 170 Å². The summed E-state index contributed by atoms with van der Waals surface area (Å²) in [5.74, 6) is -1.94. The number of hydrogen-bond acceptors (Lipinski definition) is 5. The van der Waals surface area contributed by atoms with E-state index in [9.17, 15) is 17.2 Å². The number of sulfonamides is 1. The average molecular weight is 426 g/mol. The zero-order valence-corrected chi connectivity index (χ0v) is 17.3. The van der Waals surface area contributed by atoms with Crippen LogP contribution in [0.15, 0.2) is 47.4 Å². The Kier molecular flexibility index (Phi) is 6.84. The molecule has 158 valence electrons. The molecule has 0 radical (unpaired) electrons. The van der Waals surface area contributed by atoms with Crippen LogP contribution in [0.25, 0.3) is 0 Å². The van der Waals surface area contributed by atoms with E-state index < -0.39 is 26.6 Å². The van der Waals surface area contributed by atoms with Crippen molar-refractivity contribution in [2.45, 2.75) is 10.9 Å². The number of morpholine rings is 1. The second kappa shape index (κ2) is 9.17. The summed E-state index contributed by atoms with van der Waals surface area (Å²) in [6.45, 7) is 2.50. The second-order valence-electron chi connectivity index (χ2n) is 7.08. The van der Waals surface area contributed by atoms with Gasteiger partial charge in [-0.2, -0.15) is 0 Å². The van der Waals surface area contributed by atoms with Crippen molar-refractivity contribution in [3.8, 4) is 0 Å². The molecule has 2 aromatic rings. The second-order valence-corrected chi connectivity index (χ2v) is 8.81. The fourth-order valence-corrected chi connectivity index (χ4v) is 4.40. The quantitative estimate of drug-likeness (QED) is 0.738. The van der Waals surface area contributed by atoms with Gasteiger partial charge in [-0.1, -0.05) is 12.1 Å². The van der Waals surface area contributed by atoms with E-state index in [1.807, 2.05) is 43.3 Å². The monoisotopic (exact) mass is 425 g/mol. The highest BCUT2D eigenvalue weighted by molar-refractivity contribution is 7.89. The van der Waals surface area contributed by atoms with Gasteiger partial charge in [0.15, 0.2) is 0 Å². The molecule has 2 aromatic carbocycles. The third-order valence-corrected chi connectivity index (χ3v) is 6.39. The lowest BCUT2D eigenvalue weighted by Gasteiger charge is -2.35. The van der Waals surface area contributed by atoms with Gasteiger partial charge in [0.2, 0.25) is 10.0 Å². The molecule has 6 nitrogen and oxygen atoms in total. The molecule has 0 aromatic heterocycles. The van der Waals surface area contributed by atoms with E-state index in [-0.39, 0.29) is 12.6 Å². The van der Waals surface area contributed by atoms with Crippen LogP contribution in [-0.4, -0.2) is 60.3 Å². The molecule has 0 spiro atoms. The maximum atomic E-state index is 14.0. The first-order chi connectivity index (χ1) is 13.8. The predicted molar refractivity (Wildman–Crippen MR) is 107 cm³/mol. The number of ether oxygens (including phenoxy) is 1. The summed E-state index contributed by atoms with van der Waals surface area (Å²) >= 11 is 0. The lowest BCUT2D eigenvalue weighted by molar-refractivity contribution is 0.0172. The molecule has 0 unspecified atom stereocenters. The Morgan fingerprint density at radius 2 is 1.76 bits per heavy atom. The zero-order chi connectivity index (χ0) is 21.0. The Balaban J connectivity index is 1.82. The molecular weight excluding hydrogens is 400 g/mol. The molecule has 1 aliphatic rings. The largest absolute Gasteiger partial charge is 0.379 e. The molecule has 1 saturated heterocycles. The summed E-state index contributed by atoms with van der Waals surface area (Å²) in [6.07, 6.45) is 0. The molecule has 3 rings (SSSR count). The Bertz CT molecular complexity index is 930. The Morgan fingerprint density at radius 3 is 2.34 bits per heavy atom. The maximum Gasteiger partial charge on any atom is 0.243 e. The SMILES string of the molecule is CN(C)c1ccc([C@H](CNS(=O)(=O)c2ccc(F)cc2F)N2CCOCC2)cc1. The van der Waals surface area contributed by atoms with Crippen molar-refractivity contribution in [2.75, 3.05) is 51.8 Å². The van der Waals surface area contributed by atoms with Gasteiger partial charge in [0.1, 0.15) is 16.5 Å². The third-order valence-electron chi connectivity index (χ3n) is 4.93. The smallest absolute Gasteiger partial charge is 0.243 e. The molecule has 0 aliphatic carbocycles. The van der Waals surface area contributed by atoms with E-state index in [0.29, 0.717) is 32.4 Å². The summed E-state index contributed by atoms with van der Waals surface area (Å²) in [7, 11) is -0.240. The van der Waals surface area contributed by atoms with Crippen molar-refractivity contribution in [1.29, 1.82) is 0 Å². The number of nitrogens with zero attached hydrogens (tertiary/aromatic N) is 2. The normalized spacial score (nSPS) is 16.6. The minimum absolute atomic E-state index is 0.0560. The summed E-state index contributed by atoms with van der Waals surface area (Å²) in [4.78, 5) is 3.55. The summed E-state index contributed by atoms with van der Waals surface area (Å²) in [5.41, 5.74) is 1.98. The van der Waals surface area contributed by atoms with Crippen LogP contribution >= 0.6 is 0 Å². The molecule has 29 heavy (non-hydrogen) atoms. The van der Waals surface area contributed by atoms with Crippen LogP contribution < -0.4 is 9.62 Å². The van der Waals surface area contributed by atoms with Crippen molar-refractivity contribution >= 4 is 15.7 Å². The highest BCUT2D eigenvalue weighted by atomic mass is 32.2. The Morgan fingerprint density at radius 1 is 1.10 bits per heavy atom. The number of halogens is 2. The van der Waals surface area contributed by atoms with Crippen molar-refractivity contribution in [3.63, 3.8) is 0 Å². The van der Waals surface area contributed by atoms with Crippen molar-refractivity contribution in [3.05, 3.63) is 59.7 Å². The third kappa shape index (κ3) is 5.30. The van der Waals surface area contributed by atoms with Gasteiger partial charge in [0, 0.05) is 51.5 Å². The van der Waals surface area contributed by atoms with Gasteiger partial charge in [-0.05, 0) is 29.8 Å². The molecule has 1 N–H and O–H groups in total. The number of benzene rings is 2. The first-order valence-electron chi connectivity index (χ1n) is 9.32. The summed E-state index contributed by atoms with van der Waals surface area (Å²) in [5, 5.41) is 0. The van der Waals surface area contributed by atoms with Crippen LogP contribution in [0.2, 0.25) is 0 Å². The lowest BCUT2D eigenvalue weighted by atomic mass is 10.0. The van der Waals surface area contributed by atoms with Gasteiger partial charge >= 0.3 is 0 Å². The molecule has 9 heteroatoms. The van der Waals surface area contributed by atoms with Crippen LogP contribution in [0.4, 0.5) is 14.5 Å². The van der Waals surface area contributed by atoms with E-state index >= 15 is 0 Å². The number of hydrogen-bond donors (Lipinski definition) is 1. The first kappa shape index (κ1) is 21.6. The Hall–Kier alpha value is -2.07. The molecule has 0 amide bonds. The highest BCUT2D eigenvalue weighted by Crippen LogP contribution is 2.25. The van der Waals surface area contributed by atoms with Gasteiger partial charge in [-0.15, -0.1) is 0 Å². The van der Waals surface area contributed by atoms with E-state index in [1.54, 1.807) is 0 Å². The molecule has 1 fully saturated rings. The first-order valence-corrected chi connectivity index (χ1v) is 10.8. The fraction of sp³-hybridized carbons (Fsp3) is 0.400. The molecule has 0 saturated carbocycles. The molecule has 1 heterocycles. The highest BCUT2D eigenvalue weighted by Gasteiger charge is 2.26. The van der Waals surface area contributed by atoms with E-state index in [1.165, 1.54) is 0 Å². The average Bonchev–Trinajstić information content (AvgIpc) is 2.69. The molecule has 1 aliphatic heterocycles. The molecular formula is C20H25F2N3O3S. The molecule has 1 atom stereocenters. The lowest BCUT2D eigenvalue weighted by Crippen LogP contribution is -2.43. The van der Waals surface area contributed by atoms with Gasteiger partial charge in [-0.3, -0.25) is 4.90 Å². The number of rotatable bonds is 7. The number of nitrogens with one attached hydrogen (secondary N) is 1. The minimum Gasteiger partial charge on any atom is -0.379 e. The van der Waals surface area contributed by atoms with Gasteiger partial charge in [-0.25, -0.2) is 21.9 Å². The standard InChI is InChI=1S/C20H25F2N3O3S/c1-24(2)17-6-3-15(4-7-17)19(25-9-11-28-12-10-25)14-23-29(26,27)20-8-5-16(21)13-18(20)22/h3-8,13,19,23H,9-12,14H2,1-2H3/t19-/m0/s1. The van der Waals surface area contributed by atoms with Crippen LogP contribution in [-0.2, 0) is 14.8 Å². The summed E-state index contributed by atoms with van der Waals surface area (Å²) < 4.78 is 60.2. The zero-order valence-electron chi connectivity index (χ0n) is 16.4. The fourth-order valence-electron chi connectivity index (χ4n) is 3.30. The number of anilines is 1. The topological polar surface area (TPSA) is 61.9 Å². The van der Waals surface area contributed by atoms with Crippen LogP contribution in [0.1, 0.15) is 11.6 Å². The maximum absolute atomic E-state index is 14.0. The molecule has 0 bridgehead atoms. The van der Waals surface area contributed by atoms with E-state index in [0.717, 1.165) is 23.4 Å². The van der Waals surface area contributed by atoms with Crippen molar-refractivity contribution in [1.82, 2.24) is 9.62 Å². The van der Waals surface area contributed by atoms with E-state index in [4.69, 9.17) is 4.74 Å². The minimum atomic E-state index is -4.13. The van der Waals surface area contributed by atoms with Crippen molar-refractivity contribution in [2.24, 2.45) is 0 Å².